The van der Waals surface area contributed by atoms with Gasteiger partial charge in [-0.25, -0.2) is 17.8 Å². The normalized spacial score (nSPS) is 18.4. The van der Waals surface area contributed by atoms with E-state index in [1.54, 1.807) is 0 Å². The standard InChI is InChI=1S/C22H26FN3O6S/c1-31-13-20(27)25-15-6-8-16(9-7-15)26-21(28)19-10-14(23)12-24-22(19)32-17-4-3-5-18(11-17)33(2,29)30/h3-5,10-12,15-16H,6-9,13H2,1-2H3,(H,25,27)(H,26,28). The van der Waals surface area contributed by atoms with E-state index in [9.17, 15) is 22.4 Å². The summed E-state index contributed by atoms with van der Waals surface area (Å²) in [4.78, 5) is 28.4. The van der Waals surface area contributed by atoms with Gasteiger partial charge in [0.15, 0.2) is 9.84 Å². The Hall–Kier alpha value is -3.05. The van der Waals surface area contributed by atoms with Crippen molar-refractivity contribution in [1.29, 1.82) is 0 Å². The monoisotopic (exact) mass is 479 g/mol. The zero-order chi connectivity index (χ0) is 24.0. The molecule has 2 amide bonds. The molecule has 0 saturated heterocycles. The van der Waals surface area contributed by atoms with Gasteiger partial charge in [0.25, 0.3) is 5.91 Å². The van der Waals surface area contributed by atoms with E-state index >= 15 is 0 Å². The molecule has 2 N–H and O–H groups in total. The van der Waals surface area contributed by atoms with E-state index < -0.39 is 21.6 Å². The average molecular weight is 480 g/mol. The number of pyridine rings is 1. The Morgan fingerprint density at radius 2 is 1.79 bits per heavy atom. The van der Waals surface area contributed by atoms with Crippen LogP contribution in [-0.2, 0) is 19.4 Å². The molecule has 1 aliphatic rings. The van der Waals surface area contributed by atoms with E-state index in [1.165, 1.54) is 31.4 Å². The molecule has 11 heteroatoms. The fraction of sp³-hybridized carbons (Fsp3) is 0.409. The van der Waals surface area contributed by atoms with Crippen molar-refractivity contribution in [1.82, 2.24) is 15.6 Å². The van der Waals surface area contributed by atoms with Crippen molar-refractivity contribution >= 4 is 21.7 Å². The quantitative estimate of drug-likeness (QED) is 0.595. The number of ether oxygens (including phenoxy) is 2. The van der Waals surface area contributed by atoms with E-state index in [0.29, 0.717) is 25.7 Å². The third-order valence-corrected chi connectivity index (χ3v) is 6.32. The fourth-order valence-electron chi connectivity index (χ4n) is 3.60. The van der Waals surface area contributed by atoms with Crippen LogP contribution >= 0.6 is 0 Å². The first-order valence-corrected chi connectivity index (χ1v) is 12.3. The first kappa shape index (κ1) is 24.6. The van der Waals surface area contributed by atoms with Gasteiger partial charge in [-0.15, -0.1) is 0 Å². The third kappa shape index (κ3) is 6.96. The smallest absolute Gasteiger partial charge is 0.257 e. The Kier molecular flexibility index (Phi) is 7.98. The molecule has 178 valence electrons. The van der Waals surface area contributed by atoms with Crippen LogP contribution in [0.3, 0.4) is 0 Å². The molecule has 9 nitrogen and oxygen atoms in total. The molecule has 0 radical (unpaired) electrons. The molecule has 2 aromatic rings. The number of methoxy groups -OCH3 is 1. The van der Waals surface area contributed by atoms with Gasteiger partial charge in [0.2, 0.25) is 11.8 Å². The SMILES string of the molecule is COCC(=O)NC1CCC(NC(=O)c2cc(F)cnc2Oc2cccc(S(C)(=O)=O)c2)CC1. The summed E-state index contributed by atoms with van der Waals surface area (Å²) in [5.41, 5.74) is -0.102. The number of rotatable bonds is 8. The van der Waals surface area contributed by atoms with Crippen molar-refractivity contribution in [2.75, 3.05) is 20.0 Å². The number of nitrogens with one attached hydrogen (secondary N) is 2. The molecule has 1 aromatic heterocycles. The van der Waals surface area contributed by atoms with Crippen molar-refractivity contribution in [3.05, 3.63) is 47.9 Å². The van der Waals surface area contributed by atoms with Crippen LogP contribution in [0.25, 0.3) is 0 Å². The van der Waals surface area contributed by atoms with Crippen molar-refractivity contribution in [2.45, 2.75) is 42.7 Å². The molecule has 0 aliphatic heterocycles. The molecule has 3 rings (SSSR count). The summed E-state index contributed by atoms with van der Waals surface area (Å²) in [6, 6.07) is 6.62. The van der Waals surface area contributed by atoms with E-state index in [2.05, 4.69) is 15.6 Å². The lowest BCUT2D eigenvalue weighted by Crippen LogP contribution is -2.44. The number of aromatic nitrogens is 1. The zero-order valence-corrected chi connectivity index (χ0v) is 19.2. The predicted molar refractivity (Wildman–Crippen MR) is 117 cm³/mol. The molecular formula is C22H26FN3O6S. The van der Waals surface area contributed by atoms with Crippen molar-refractivity contribution < 1.29 is 31.9 Å². The summed E-state index contributed by atoms with van der Waals surface area (Å²) in [6.45, 7) is -0.000886. The number of hydrogen-bond donors (Lipinski definition) is 2. The Bertz CT molecular complexity index is 1120. The molecule has 33 heavy (non-hydrogen) atoms. The summed E-state index contributed by atoms with van der Waals surface area (Å²) in [5, 5.41) is 5.75. The van der Waals surface area contributed by atoms with Crippen LogP contribution in [0.5, 0.6) is 11.6 Å². The first-order chi connectivity index (χ1) is 15.7. The number of benzene rings is 1. The highest BCUT2D eigenvalue weighted by Crippen LogP contribution is 2.27. The Labute approximate surface area is 191 Å². The average Bonchev–Trinajstić information content (AvgIpc) is 2.76. The van der Waals surface area contributed by atoms with E-state index in [4.69, 9.17) is 9.47 Å². The number of carbonyl (C=O) groups is 2. The molecular weight excluding hydrogens is 453 g/mol. The molecule has 1 heterocycles. The van der Waals surface area contributed by atoms with Crippen LogP contribution in [0.4, 0.5) is 4.39 Å². The lowest BCUT2D eigenvalue weighted by atomic mass is 9.91. The zero-order valence-electron chi connectivity index (χ0n) is 18.3. The lowest BCUT2D eigenvalue weighted by Gasteiger charge is -2.29. The number of halogens is 1. The predicted octanol–water partition coefficient (Wildman–Crippen LogP) is 2.22. The molecule has 1 saturated carbocycles. The number of nitrogens with zero attached hydrogens (tertiary/aromatic N) is 1. The summed E-state index contributed by atoms with van der Waals surface area (Å²) < 4.78 is 47.9. The highest BCUT2D eigenvalue weighted by molar-refractivity contribution is 7.90. The van der Waals surface area contributed by atoms with Crippen LogP contribution in [0.1, 0.15) is 36.0 Å². The maximum absolute atomic E-state index is 13.9. The molecule has 0 spiro atoms. The maximum Gasteiger partial charge on any atom is 0.257 e. The second-order valence-electron chi connectivity index (χ2n) is 7.88. The molecule has 1 fully saturated rings. The minimum absolute atomic E-state index is 0.000886. The summed E-state index contributed by atoms with van der Waals surface area (Å²) in [5.74, 6) is -1.43. The van der Waals surface area contributed by atoms with Gasteiger partial charge in [0, 0.05) is 25.4 Å². The van der Waals surface area contributed by atoms with Gasteiger partial charge in [0.05, 0.1) is 11.1 Å². The van der Waals surface area contributed by atoms with Crippen molar-refractivity contribution in [3.8, 4) is 11.6 Å². The number of hydrogen-bond acceptors (Lipinski definition) is 7. The topological polar surface area (TPSA) is 124 Å². The van der Waals surface area contributed by atoms with Gasteiger partial charge in [-0.05, 0) is 49.9 Å². The van der Waals surface area contributed by atoms with Crippen LogP contribution in [-0.4, -0.2) is 57.3 Å². The fourth-order valence-corrected chi connectivity index (χ4v) is 4.25. The Morgan fingerprint density at radius 1 is 1.12 bits per heavy atom. The van der Waals surface area contributed by atoms with Gasteiger partial charge in [-0.2, -0.15) is 0 Å². The summed E-state index contributed by atoms with van der Waals surface area (Å²) >= 11 is 0. The minimum atomic E-state index is -3.46. The highest BCUT2D eigenvalue weighted by atomic mass is 32.2. The summed E-state index contributed by atoms with van der Waals surface area (Å²) in [6.07, 6.45) is 4.63. The van der Waals surface area contributed by atoms with Gasteiger partial charge in [-0.1, -0.05) is 6.07 Å². The number of carbonyl (C=O) groups excluding carboxylic acids is 2. The Morgan fingerprint density at radius 3 is 2.42 bits per heavy atom. The molecule has 1 aromatic carbocycles. The first-order valence-electron chi connectivity index (χ1n) is 10.4. The number of sulfone groups is 1. The minimum Gasteiger partial charge on any atom is -0.438 e. The van der Waals surface area contributed by atoms with Gasteiger partial charge < -0.3 is 20.1 Å². The van der Waals surface area contributed by atoms with E-state index in [0.717, 1.165) is 18.5 Å². The maximum atomic E-state index is 13.9. The van der Waals surface area contributed by atoms with Crippen molar-refractivity contribution in [3.63, 3.8) is 0 Å². The molecule has 0 atom stereocenters. The van der Waals surface area contributed by atoms with E-state index in [-0.39, 0.29) is 46.7 Å². The third-order valence-electron chi connectivity index (χ3n) is 5.21. The van der Waals surface area contributed by atoms with Gasteiger partial charge in [-0.3, -0.25) is 9.59 Å². The Balaban J connectivity index is 1.67. The van der Waals surface area contributed by atoms with Gasteiger partial charge in [0.1, 0.15) is 23.7 Å². The number of amides is 2. The second kappa shape index (κ2) is 10.7. The molecule has 0 unspecified atom stereocenters. The second-order valence-corrected chi connectivity index (χ2v) is 9.89. The largest absolute Gasteiger partial charge is 0.438 e. The van der Waals surface area contributed by atoms with Crippen LogP contribution in [0, 0.1) is 5.82 Å². The van der Waals surface area contributed by atoms with Crippen LogP contribution in [0.15, 0.2) is 41.4 Å². The van der Waals surface area contributed by atoms with Gasteiger partial charge >= 0.3 is 0 Å². The van der Waals surface area contributed by atoms with Crippen molar-refractivity contribution in [2.24, 2.45) is 0 Å². The van der Waals surface area contributed by atoms with E-state index in [1.807, 2.05) is 0 Å². The highest BCUT2D eigenvalue weighted by Gasteiger charge is 2.25. The summed E-state index contributed by atoms with van der Waals surface area (Å²) in [7, 11) is -2.01. The molecule has 0 bridgehead atoms. The lowest BCUT2D eigenvalue weighted by molar-refractivity contribution is -0.125. The molecule has 1 aliphatic carbocycles. The van der Waals surface area contributed by atoms with Crippen LogP contribution in [0.2, 0.25) is 0 Å². The van der Waals surface area contributed by atoms with Crippen LogP contribution < -0.4 is 15.4 Å².